The molecule has 104 valence electrons. The number of nitrogens with two attached hydrogens (primary N) is 1. The number of para-hydroxylation sites is 1. The van der Waals surface area contributed by atoms with Gasteiger partial charge in [0.2, 0.25) is 0 Å². The highest BCUT2D eigenvalue weighted by atomic mass is 32.1. The van der Waals surface area contributed by atoms with Crippen LogP contribution >= 0.6 is 12.2 Å². The summed E-state index contributed by atoms with van der Waals surface area (Å²) < 4.78 is 0. The molecule has 0 aliphatic rings. The number of aromatic nitrogens is 3. The molecule has 0 bridgehead atoms. The molecular formula is C15H13N5S. The molecule has 0 amide bonds. The molecule has 0 fully saturated rings. The van der Waals surface area contributed by atoms with E-state index in [0.29, 0.717) is 10.6 Å². The van der Waals surface area contributed by atoms with Crippen molar-refractivity contribution in [3.8, 4) is 0 Å². The average Bonchev–Trinajstić information content (AvgIpc) is 2.53. The van der Waals surface area contributed by atoms with Crippen molar-refractivity contribution < 1.29 is 0 Å². The van der Waals surface area contributed by atoms with Crippen LogP contribution in [0.5, 0.6) is 0 Å². The first kappa shape index (κ1) is 13.4. The van der Waals surface area contributed by atoms with E-state index >= 15 is 0 Å². The van der Waals surface area contributed by atoms with Crippen LogP contribution in [0.25, 0.3) is 11.2 Å². The maximum Gasteiger partial charge on any atom is 0.180 e. The number of anilines is 2. The molecule has 0 aliphatic heterocycles. The van der Waals surface area contributed by atoms with Gasteiger partial charge < -0.3 is 10.6 Å². The Kier molecular flexibility index (Phi) is 3.45. The van der Waals surface area contributed by atoms with Crippen molar-refractivity contribution in [1.29, 1.82) is 0 Å². The summed E-state index contributed by atoms with van der Waals surface area (Å²) in [5.41, 5.74) is 8.87. The average molecular weight is 295 g/mol. The summed E-state index contributed by atoms with van der Waals surface area (Å²) in [6.45, 7) is 0. The molecule has 2 N–H and O–H groups in total. The molecule has 3 aromatic rings. The molecule has 1 aromatic carbocycles. The Bertz CT molecular complexity index is 818. The minimum absolute atomic E-state index is 0.359. The van der Waals surface area contributed by atoms with E-state index in [9.17, 15) is 0 Å². The Morgan fingerprint density at radius 1 is 1.10 bits per heavy atom. The second kappa shape index (κ2) is 5.41. The summed E-state index contributed by atoms with van der Waals surface area (Å²) in [6, 6.07) is 11.5. The number of hydrogen-bond donors (Lipinski definition) is 1. The number of rotatable bonds is 3. The van der Waals surface area contributed by atoms with E-state index in [4.69, 9.17) is 18.0 Å². The first-order chi connectivity index (χ1) is 10.2. The van der Waals surface area contributed by atoms with Crippen LogP contribution in [0.15, 0.2) is 48.8 Å². The van der Waals surface area contributed by atoms with Gasteiger partial charge in [0.25, 0.3) is 0 Å². The highest BCUT2D eigenvalue weighted by Crippen LogP contribution is 2.26. The molecule has 0 spiro atoms. The van der Waals surface area contributed by atoms with E-state index in [-0.39, 0.29) is 0 Å². The zero-order valence-electron chi connectivity index (χ0n) is 11.4. The SMILES string of the molecule is CN(c1ccc2nccnc2n1)c1ccccc1C(N)=S. The number of benzene rings is 1. The van der Waals surface area contributed by atoms with Gasteiger partial charge in [-0.1, -0.05) is 24.4 Å². The topological polar surface area (TPSA) is 67.9 Å². The first-order valence-corrected chi connectivity index (χ1v) is 6.78. The lowest BCUT2D eigenvalue weighted by Gasteiger charge is -2.21. The van der Waals surface area contributed by atoms with Crippen molar-refractivity contribution in [2.45, 2.75) is 0 Å². The van der Waals surface area contributed by atoms with E-state index in [1.165, 1.54) is 0 Å². The summed E-state index contributed by atoms with van der Waals surface area (Å²) in [6.07, 6.45) is 3.28. The van der Waals surface area contributed by atoms with Gasteiger partial charge in [-0.05, 0) is 24.3 Å². The molecule has 2 heterocycles. The number of fused-ring (bicyclic) bond motifs is 1. The third-order valence-electron chi connectivity index (χ3n) is 3.19. The smallest absolute Gasteiger partial charge is 0.180 e. The molecule has 0 aliphatic carbocycles. The quantitative estimate of drug-likeness (QED) is 0.748. The van der Waals surface area contributed by atoms with Crippen LogP contribution in [0.2, 0.25) is 0 Å². The van der Waals surface area contributed by atoms with E-state index in [1.807, 2.05) is 48.3 Å². The third kappa shape index (κ3) is 2.53. The normalized spacial score (nSPS) is 10.5. The van der Waals surface area contributed by atoms with Crippen molar-refractivity contribution >= 4 is 39.9 Å². The molecule has 0 saturated carbocycles. The molecule has 0 unspecified atom stereocenters. The van der Waals surface area contributed by atoms with E-state index in [1.54, 1.807) is 12.4 Å². The standard InChI is InChI=1S/C15H13N5S/c1-20(12-5-3-2-4-10(12)14(16)21)13-7-6-11-15(19-13)18-9-8-17-11/h2-9H,1H3,(H2,16,21). The second-order valence-corrected chi connectivity index (χ2v) is 4.95. The Hall–Kier alpha value is -2.60. The molecule has 21 heavy (non-hydrogen) atoms. The monoisotopic (exact) mass is 295 g/mol. The summed E-state index contributed by atoms with van der Waals surface area (Å²) in [5.74, 6) is 0.756. The van der Waals surface area contributed by atoms with Crippen LogP contribution in [0, 0.1) is 0 Å². The van der Waals surface area contributed by atoms with E-state index in [0.717, 1.165) is 22.6 Å². The lowest BCUT2D eigenvalue weighted by Crippen LogP contribution is -2.18. The van der Waals surface area contributed by atoms with E-state index < -0.39 is 0 Å². The number of hydrogen-bond acceptors (Lipinski definition) is 5. The lowest BCUT2D eigenvalue weighted by molar-refractivity contribution is 1.12. The lowest BCUT2D eigenvalue weighted by atomic mass is 10.1. The van der Waals surface area contributed by atoms with Gasteiger partial charge in [-0.25, -0.2) is 9.97 Å². The number of thiocarbonyl (C=S) groups is 1. The Morgan fingerprint density at radius 2 is 1.86 bits per heavy atom. The van der Waals surface area contributed by atoms with Gasteiger partial charge in [0.05, 0.1) is 5.69 Å². The highest BCUT2D eigenvalue weighted by molar-refractivity contribution is 7.80. The molecular weight excluding hydrogens is 282 g/mol. The molecule has 0 saturated heterocycles. The van der Waals surface area contributed by atoms with Crippen molar-refractivity contribution in [1.82, 2.24) is 15.0 Å². The van der Waals surface area contributed by atoms with Crippen LogP contribution < -0.4 is 10.6 Å². The van der Waals surface area contributed by atoms with Crippen molar-refractivity contribution in [2.75, 3.05) is 11.9 Å². The van der Waals surface area contributed by atoms with Gasteiger partial charge in [0, 0.05) is 25.0 Å². The van der Waals surface area contributed by atoms with Gasteiger partial charge >= 0.3 is 0 Å². The summed E-state index contributed by atoms with van der Waals surface area (Å²) in [4.78, 5) is 15.3. The third-order valence-corrected chi connectivity index (χ3v) is 3.41. The fourth-order valence-corrected chi connectivity index (χ4v) is 2.30. The first-order valence-electron chi connectivity index (χ1n) is 6.37. The van der Waals surface area contributed by atoms with Gasteiger partial charge in [-0.15, -0.1) is 0 Å². The Labute approximate surface area is 127 Å². The highest BCUT2D eigenvalue weighted by Gasteiger charge is 2.12. The van der Waals surface area contributed by atoms with Gasteiger partial charge in [-0.3, -0.25) is 4.98 Å². The summed E-state index contributed by atoms with van der Waals surface area (Å²) in [7, 11) is 1.92. The zero-order chi connectivity index (χ0) is 14.8. The summed E-state index contributed by atoms with van der Waals surface area (Å²) >= 11 is 5.10. The minimum atomic E-state index is 0.359. The molecule has 6 heteroatoms. The maximum atomic E-state index is 5.78. The van der Waals surface area contributed by atoms with Crippen LogP contribution in [0.4, 0.5) is 11.5 Å². The largest absolute Gasteiger partial charge is 0.389 e. The Morgan fingerprint density at radius 3 is 2.67 bits per heavy atom. The predicted octanol–water partition coefficient (Wildman–Crippen LogP) is 2.43. The minimum Gasteiger partial charge on any atom is -0.389 e. The molecule has 0 radical (unpaired) electrons. The second-order valence-electron chi connectivity index (χ2n) is 4.51. The summed E-state index contributed by atoms with van der Waals surface area (Å²) in [5, 5.41) is 0. The molecule has 0 atom stereocenters. The number of nitrogens with zero attached hydrogens (tertiary/aromatic N) is 4. The zero-order valence-corrected chi connectivity index (χ0v) is 12.2. The maximum absolute atomic E-state index is 5.78. The van der Waals surface area contributed by atoms with Crippen LogP contribution in [-0.2, 0) is 0 Å². The fraction of sp³-hybridized carbons (Fsp3) is 0.0667. The van der Waals surface area contributed by atoms with Crippen molar-refractivity contribution in [3.63, 3.8) is 0 Å². The van der Waals surface area contributed by atoms with Crippen LogP contribution in [0.3, 0.4) is 0 Å². The van der Waals surface area contributed by atoms with Crippen molar-refractivity contribution in [2.24, 2.45) is 5.73 Å². The molecule has 5 nitrogen and oxygen atoms in total. The van der Waals surface area contributed by atoms with Crippen LogP contribution in [0.1, 0.15) is 5.56 Å². The molecule has 3 rings (SSSR count). The predicted molar refractivity (Wildman–Crippen MR) is 87.7 cm³/mol. The van der Waals surface area contributed by atoms with Crippen LogP contribution in [-0.4, -0.2) is 27.0 Å². The van der Waals surface area contributed by atoms with Gasteiger partial charge in [0.1, 0.15) is 16.3 Å². The Balaban J connectivity index is 2.08. The fourth-order valence-electron chi connectivity index (χ4n) is 2.13. The van der Waals surface area contributed by atoms with Gasteiger partial charge in [-0.2, -0.15) is 0 Å². The van der Waals surface area contributed by atoms with Crippen molar-refractivity contribution in [3.05, 3.63) is 54.4 Å². The van der Waals surface area contributed by atoms with E-state index in [2.05, 4.69) is 15.0 Å². The number of pyridine rings is 1. The molecule has 2 aromatic heterocycles. The van der Waals surface area contributed by atoms with Gasteiger partial charge in [0.15, 0.2) is 5.65 Å².